The fourth-order valence-electron chi connectivity index (χ4n) is 3.97. The second kappa shape index (κ2) is 6.55. The third kappa shape index (κ3) is 3.11. The molecule has 1 amide bonds. The molecule has 0 spiro atoms. The van der Waals surface area contributed by atoms with E-state index < -0.39 is 0 Å². The Labute approximate surface area is 136 Å². The van der Waals surface area contributed by atoms with Crippen LogP contribution in [0.3, 0.4) is 0 Å². The molecule has 3 fully saturated rings. The lowest BCUT2D eigenvalue weighted by molar-refractivity contribution is -0.177. The Bertz CT molecular complexity index is 547. The normalized spacial score (nSPS) is 31.3. The quantitative estimate of drug-likeness (QED) is 0.839. The summed E-state index contributed by atoms with van der Waals surface area (Å²) in [5.41, 5.74) is 1.18. The summed E-state index contributed by atoms with van der Waals surface area (Å²) in [4.78, 5) is 24.7. The molecule has 1 aromatic rings. The molecule has 0 N–H and O–H groups in total. The van der Waals surface area contributed by atoms with E-state index in [0.717, 1.165) is 39.0 Å². The van der Waals surface area contributed by atoms with Crippen LogP contribution < -0.4 is 0 Å². The van der Waals surface area contributed by atoms with Crippen LogP contribution in [0.2, 0.25) is 0 Å². The highest BCUT2D eigenvalue weighted by Crippen LogP contribution is 2.33. The molecular formula is C17H23N3O3. The van der Waals surface area contributed by atoms with Crippen LogP contribution in [0.1, 0.15) is 24.8 Å². The van der Waals surface area contributed by atoms with Gasteiger partial charge in [-0.1, -0.05) is 6.07 Å². The minimum Gasteiger partial charge on any atom is -0.377 e. The summed E-state index contributed by atoms with van der Waals surface area (Å²) < 4.78 is 5.90. The largest absolute Gasteiger partial charge is 0.377 e. The number of hydrogen-bond acceptors (Lipinski definition) is 5. The maximum atomic E-state index is 12.7. The van der Waals surface area contributed by atoms with Gasteiger partial charge < -0.3 is 4.74 Å². The fourth-order valence-corrected chi connectivity index (χ4v) is 3.97. The first-order valence-electron chi connectivity index (χ1n) is 8.50. The van der Waals surface area contributed by atoms with Crippen molar-refractivity contribution in [3.8, 4) is 0 Å². The van der Waals surface area contributed by atoms with Gasteiger partial charge in [0, 0.05) is 38.1 Å². The lowest BCUT2D eigenvalue weighted by Crippen LogP contribution is -2.52. The van der Waals surface area contributed by atoms with E-state index >= 15 is 0 Å². The Morgan fingerprint density at radius 3 is 3.13 bits per heavy atom. The highest BCUT2D eigenvalue weighted by Gasteiger charge is 2.43. The molecule has 1 aromatic heterocycles. The third-order valence-electron chi connectivity index (χ3n) is 5.07. The van der Waals surface area contributed by atoms with Gasteiger partial charge in [0.25, 0.3) is 5.91 Å². The van der Waals surface area contributed by atoms with Gasteiger partial charge in [-0.15, -0.1) is 0 Å². The van der Waals surface area contributed by atoms with Gasteiger partial charge in [-0.2, -0.15) is 0 Å². The van der Waals surface area contributed by atoms with Crippen LogP contribution >= 0.6 is 0 Å². The van der Waals surface area contributed by atoms with E-state index in [9.17, 15) is 4.79 Å². The van der Waals surface area contributed by atoms with Gasteiger partial charge in [-0.3, -0.25) is 19.5 Å². The number of likely N-dealkylation sites (tertiary alicyclic amines) is 1. The minimum absolute atomic E-state index is 0.0379. The second-order valence-corrected chi connectivity index (χ2v) is 6.62. The summed E-state index contributed by atoms with van der Waals surface area (Å²) in [7, 11) is 0. The van der Waals surface area contributed by atoms with Crippen LogP contribution in [0.4, 0.5) is 0 Å². The van der Waals surface area contributed by atoms with Crippen LogP contribution in [-0.4, -0.2) is 59.3 Å². The van der Waals surface area contributed by atoms with Crippen molar-refractivity contribution in [3.05, 3.63) is 30.1 Å². The van der Waals surface area contributed by atoms with E-state index in [4.69, 9.17) is 9.57 Å². The number of aromatic nitrogens is 1. The zero-order valence-corrected chi connectivity index (χ0v) is 13.3. The Kier molecular flexibility index (Phi) is 4.29. The lowest BCUT2D eigenvalue weighted by atomic mass is 9.89. The van der Waals surface area contributed by atoms with Crippen molar-refractivity contribution in [3.63, 3.8) is 0 Å². The Morgan fingerprint density at radius 1 is 1.39 bits per heavy atom. The third-order valence-corrected chi connectivity index (χ3v) is 5.07. The summed E-state index contributed by atoms with van der Waals surface area (Å²) in [5.74, 6) is 0.0803. The van der Waals surface area contributed by atoms with Gasteiger partial charge >= 0.3 is 0 Å². The highest BCUT2D eigenvalue weighted by atomic mass is 16.7. The molecule has 3 aliphatic rings. The number of piperidine rings is 1. The van der Waals surface area contributed by atoms with Gasteiger partial charge in [0.1, 0.15) is 0 Å². The van der Waals surface area contributed by atoms with Crippen molar-refractivity contribution in [2.45, 2.75) is 38.0 Å². The number of carbonyl (C=O) groups is 1. The van der Waals surface area contributed by atoms with Crippen molar-refractivity contribution < 1.29 is 14.4 Å². The highest BCUT2D eigenvalue weighted by molar-refractivity contribution is 5.78. The average molecular weight is 317 g/mol. The second-order valence-electron chi connectivity index (χ2n) is 6.62. The van der Waals surface area contributed by atoms with Crippen LogP contribution in [0.15, 0.2) is 24.5 Å². The average Bonchev–Trinajstić information content (AvgIpc) is 3.26. The standard InChI is InChI=1S/C17H23N3O3/c21-17(20-6-2-7-23-20)14-9-16-15(4-8-22-16)19(12-14)11-13-3-1-5-18-10-13/h1,3,5,10,14-16H,2,4,6-9,11-12H2/t14-,15+,16+/m1/s1. The maximum absolute atomic E-state index is 12.7. The molecule has 124 valence electrons. The zero-order valence-electron chi connectivity index (χ0n) is 13.3. The minimum atomic E-state index is -0.0379. The lowest BCUT2D eigenvalue weighted by Gasteiger charge is -2.40. The van der Waals surface area contributed by atoms with Gasteiger partial charge in [-0.25, -0.2) is 5.06 Å². The van der Waals surface area contributed by atoms with E-state index in [1.807, 2.05) is 12.3 Å². The zero-order chi connectivity index (χ0) is 15.6. The number of amides is 1. The van der Waals surface area contributed by atoms with Gasteiger partial charge in [0.15, 0.2) is 0 Å². The SMILES string of the molecule is O=C([C@@H]1C[C@@H]2OCC[C@@H]2N(Cc2cccnc2)C1)N1CCCO1. The van der Waals surface area contributed by atoms with E-state index in [1.54, 1.807) is 11.3 Å². The predicted molar refractivity (Wildman–Crippen MR) is 83.2 cm³/mol. The van der Waals surface area contributed by atoms with Crippen LogP contribution in [0, 0.1) is 5.92 Å². The number of carbonyl (C=O) groups excluding carboxylic acids is 1. The van der Waals surface area contributed by atoms with Crippen molar-refractivity contribution in [2.75, 3.05) is 26.3 Å². The first-order chi connectivity index (χ1) is 11.3. The van der Waals surface area contributed by atoms with Crippen LogP contribution in [0.5, 0.6) is 0 Å². The molecule has 3 aliphatic heterocycles. The number of nitrogens with zero attached hydrogens (tertiary/aromatic N) is 3. The number of ether oxygens (including phenoxy) is 1. The molecule has 23 heavy (non-hydrogen) atoms. The van der Waals surface area contributed by atoms with E-state index in [1.165, 1.54) is 5.56 Å². The Hall–Kier alpha value is -1.50. The predicted octanol–water partition coefficient (Wildman–Crippen LogP) is 1.22. The van der Waals surface area contributed by atoms with Crippen molar-refractivity contribution in [1.29, 1.82) is 0 Å². The summed E-state index contributed by atoms with van der Waals surface area (Å²) in [6, 6.07) is 4.47. The number of rotatable bonds is 3. The van der Waals surface area contributed by atoms with Gasteiger partial charge in [0.2, 0.25) is 0 Å². The summed E-state index contributed by atoms with van der Waals surface area (Å²) in [6.07, 6.45) is 6.65. The first-order valence-corrected chi connectivity index (χ1v) is 8.50. The number of hydroxylamine groups is 2. The molecule has 6 nitrogen and oxygen atoms in total. The summed E-state index contributed by atoms with van der Waals surface area (Å²) in [6.45, 7) is 3.76. The molecule has 0 unspecified atom stereocenters. The van der Waals surface area contributed by atoms with Crippen molar-refractivity contribution in [1.82, 2.24) is 14.9 Å². The molecular weight excluding hydrogens is 294 g/mol. The smallest absolute Gasteiger partial charge is 0.250 e. The molecule has 0 saturated carbocycles. The number of pyridine rings is 1. The summed E-state index contributed by atoms with van der Waals surface area (Å²) in [5, 5.41) is 1.56. The van der Waals surface area contributed by atoms with E-state index in [2.05, 4.69) is 16.0 Å². The summed E-state index contributed by atoms with van der Waals surface area (Å²) >= 11 is 0. The molecule has 0 bridgehead atoms. The van der Waals surface area contributed by atoms with Gasteiger partial charge in [-0.05, 0) is 30.9 Å². The number of hydrogen-bond donors (Lipinski definition) is 0. The molecule has 0 radical (unpaired) electrons. The molecule has 6 heteroatoms. The Morgan fingerprint density at radius 2 is 2.35 bits per heavy atom. The van der Waals surface area contributed by atoms with Gasteiger partial charge in [0.05, 0.1) is 25.2 Å². The molecule has 3 atom stereocenters. The van der Waals surface area contributed by atoms with E-state index in [0.29, 0.717) is 19.2 Å². The van der Waals surface area contributed by atoms with Crippen molar-refractivity contribution >= 4 is 5.91 Å². The van der Waals surface area contributed by atoms with Crippen LogP contribution in [0.25, 0.3) is 0 Å². The molecule has 4 rings (SSSR count). The maximum Gasteiger partial charge on any atom is 0.250 e. The Balaban J connectivity index is 1.49. The fraction of sp³-hybridized carbons (Fsp3) is 0.647. The van der Waals surface area contributed by atoms with Crippen LogP contribution in [-0.2, 0) is 20.9 Å². The number of fused-ring (bicyclic) bond motifs is 1. The van der Waals surface area contributed by atoms with Crippen molar-refractivity contribution in [2.24, 2.45) is 5.92 Å². The monoisotopic (exact) mass is 317 g/mol. The molecule has 0 aromatic carbocycles. The molecule has 4 heterocycles. The topological polar surface area (TPSA) is 54.9 Å². The molecule has 3 saturated heterocycles. The molecule has 0 aliphatic carbocycles. The first kappa shape index (κ1) is 15.1. The van der Waals surface area contributed by atoms with E-state index in [-0.39, 0.29) is 17.9 Å².